The Kier molecular flexibility index (Phi) is 5.40. The summed E-state index contributed by atoms with van der Waals surface area (Å²) in [5.74, 6) is -3.22. The highest BCUT2D eigenvalue weighted by Crippen LogP contribution is 2.16. The Morgan fingerprint density at radius 2 is 1.82 bits per heavy atom. The molecule has 0 atom stereocenters. The first-order valence-corrected chi connectivity index (χ1v) is 4.82. The third kappa shape index (κ3) is 7.56. The zero-order chi connectivity index (χ0) is 13.7. The highest BCUT2D eigenvalue weighted by atomic mass is 19.4. The van der Waals surface area contributed by atoms with E-state index >= 15 is 0 Å². The molecule has 100 valence electrons. The fourth-order valence-corrected chi connectivity index (χ4v) is 1.18. The predicted octanol–water partition coefficient (Wildman–Crippen LogP) is 0.643. The van der Waals surface area contributed by atoms with Gasteiger partial charge in [0, 0.05) is 6.42 Å². The van der Waals surface area contributed by atoms with Crippen LogP contribution in [0.4, 0.5) is 13.2 Å². The molecule has 0 aromatic heterocycles. The molecule has 0 unspecified atom stereocenters. The minimum atomic E-state index is -4.98. The molecule has 0 radical (unpaired) electrons. The Balaban J connectivity index is 3.86. The van der Waals surface area contributed by atoms with E-state index < -0.39 is 18.1 Å². The summed E-state index contributed by atoms with van der Waals surface area (Å²) in [5, 5.41) is 8.55. The monoisotopic (exact) mass is 258 g/mol. The number of carbonyl (C=O) groups excluding carboxylic acids is 1. The van der Waals surface area contributed by atoms with E-state index in [1.165, 1.54) is 0 Å². The first kappa shape index (κ1) is 15.7. The van der Waals surface area contributed by atoms with Crippen molar-refractivity contribution in [3.05, 3.63) is 0 Å². The van der Waals surface area contributed by atoms with Crippen LogP contribution in [0, 0.1) is 0 Å². The number of hydrogen-bond donors (Lipinski definition) is 1. The highest BCUT2D eigenvalue weighted by Gasteiger charge is 2.40. The Morgan fingerprint density at radius 3 is 2.24 bits per heavy atom. The number of hydrogen-bond acceptors (Lipinski definition) is 3. The summed E-state index contributed by atoms with van der Waals surface area (Å²) in [6, 6.07) is 0. The molecule has 0 saturated heterocycles. The molecule has 0 bridgehead atoms. The fourth-order valence-electron chi connectivity index (χ4n) is 1.18. The van der Waals surface area contributed by atoms with Crippen LogP contribution in [-0.2, 0) is 14.3 Å². The summed E-state index contributed by atoms with van der Waals surface area (Å²) in [6.07, 6.45) is -4.81. The lowest BCUT2D eigenvalue weighted by atomic mass is 10.3. The molecule has 0 amide bonds. The summed E-state index contributed by atoms with van der Waals surface area (Å²) >= 11 is 0. The fraction of sp³-hybridized carbons (Fsp3) is 0.778. The van der Waals surface area contributed by atoms with Gasteiger partial charge in [0.25, 0.3) is 0 Å². The van der Waals surface area contributed by atoms with Crippen molar-refractivity contribution in [1.82, 2.24) is 0 Å². The number of quaternary nitrogens is 1. The highest BCUT2D eigenvalue weighted by molar-refractivity contribution is 5.75. The molecule has 0 rings (SSSR count). The standard InChI is InChI=1S/C9H14F3NO4/c1-13(2,6-7(14)15)4-3-5-17-8(16)9(10,11)12/h3-6H2,1-2H3/p+1. The molecule has 0 saturated carbocycles. The van der Waals surface area contributed by atoms with Crippen LogP contribution in [0.3, 0.4) is 0 Å². The molecule has 0 aliphatic carbocycles. The van der Waals surface area contributed by atoms with Crippen molar-refractivity contribution < 1.29 is 37.1 Å². The van der Waals surface area contributed by atoms with Gasteiger partial charge < -0.3 is 14.3 Å². The molecule has 0 heterocycles. The number of likely N-dealkylation sites (N-methyl/N-ethyl adjacent to an activating group) is 1. The van der Waals surface area contributed by atoms with Gasteiger partial charge >= 0.3 is 18.1 Å². The van der Waals surface area contributed by atoms with Gasteiger partial charge in [-0.1, -0.05) is 0 Å². The molecule has 5 nitrogen and oxygen atoms in total. The molecule has 0 aliphatic rings. The zero-order valence-electron chi connectivity index (χ0n) is 9.58. The molecule has 1 N–H and O–H groups in total. The van der Waals surface area contributed by atoms with Gasteiger partial charge in [0.2, 0.25) is 0 Å². The third-order valence-electron chi connectivity index (χ3n) is 1.94. The largest absolute Gasteiger partial charge is 0.490 e. The van der Waals surface area contributed by atoms with Gasteiger partial charge in [0.1, 0.15) is 0 Å². The summed E-state index contributed by atoms with van der Waals surface area (Å²) < 4.78 is 39.3. The third-order valence-corrected chi connectivity index (χ3v) is 1.94. The number of nitrogens with zero attached hydrogens (tertiary/aromatic N) is 1. The number of aliphatic carboxylic acids is 1. The van der Waals surface area contributed by atoms with Gasteiger partial charge in [-0.05, 0) is 0 Å². The number of rotatable bonds is 6. The van der Waals surface area contributed by atoms with Crippen LogP contribution in [0.15, 0.2) is 0 Å². The van der Waals surface area contributed by atoms with Gasteiger partial charge in [-0.15, -0.1) is 0 Å². The normalized spacial score (nSPS) is 12.3. The molecular formula is C9H15F3NO4+. The van der Waals surface area contributed by atoms with E-state index in [2.05, 4.69) is 4.74 Å². The number of esters is 1. The number of carbonyl (C=O) groups is 2. The Labute approximate surface area is 96.4 Å². The molecule has 0 fully saturated rings. The zero-order valence-corrected chi connectivity index (χ0v) is 9.58. The van der Waals surface area contributed by atoms with Gasteiger partial charge in [-0.3, -0.25) is 0 Å². The quantitative estimate of drug-likeness (QED) is 0.431. The van der Waals surface area contributed by atoms with Gasteiger partial charge in [-0.25, -0.2) is 9.59 Å². The second-order valence-electron chi connectivity index (χ2n) is 4.20. The molecular weight excluding hydrogens is 243 g/mol. The Hall–Kier alpha value is -1.31. The van der Waals surface area contributed by atoms with Crippen molar-refractivity contribution >= 4 is 11.9 Å². The van der Waals surface area contributed by atoms with Crippen LogP contribution in [-0.4, -0.2) is 61.5 Å². The topological polar surface area (TPSA) is 63.6 Å². The maximum atomic E-state index is 11.7. The van der Waals surface area contributed by atoms with E-state index in [4.69, 9.17) is 5.11 Å². The van der Waals surface area contributed by atoms with Crippen molar-refractivity contribution in [2.75, 3.05) is 33.8 Å². The summed E-state index contributed by atoms with van der Waals surface area (Å²) in [4.78, 5) is 20.8. The molecule has 0 spiro atoms. The van der Waals surface area contributed by atoms with Crippen molar-refractivity contribution in [2.24, 2.45) is 0 Å². The van der Waals surface area contributed by atoms with Crippen molar-refractivity contribution in [3.63, 3.8) is 0 Å². The maximum absolute atomic E-state index is 11.7. The van der Waals surface area contributed by atoms with Crippen molar-refractivity contribution in [3.8, 4) is 0 Å². The summed E-state index contributed by atoms with van der Waals surface area (Å²) in [5.41, 5.74) is 0. The summed E-state index contributed by atoms with van der Waals surface area (Å²) in [7, 11) is 3.25. The molecule has 17 heavy (non-hydrogen) atoms. The maximum Gasteiger partial charge on any atom is 0.490 e. The van der Waals surface area contributed by atoms with Gasteiger partial charge in [-0.2, -0.15) is 13.2 Å². The lowest BCUT2D eigenvalue weighted by Crippen LogP contribution is -2.44. The first-order valence-electron chi connectivity index (χ1n) is 4.82. The van der Waals surface area contributed by atoms with E-state index in [0.29, 0.717) is 6.54 Å². The van der Waals surface area contributed by atoms with Gasteiger partial charge in [0.15, 0.2) is 6.54 Å². The summed E-state index contributed by atoms with van der Waals surface area (Å²) in [6.45, 7) is -0.218. The average molecular weight is 258 g/mol. The number of carboxylic acid groups (broad SMARTS) is 1. The van der Waals surface area contributed by atoms with Crippen molar-refractivity contribution in [2.45, 2.75) is 12.6 Å². The number of ether oxygens (including phenoxy) is 1. The number of carboxylic acids is 1. The predicted molar refractivity (Wildman–Crippen MR) is 51.1 cm³/mol. The van der Waals surface area contributed by atoms with Crippen LogP contribution in [0.5, 0.6) is 0 Å². The Bertz CT molecular complexity index is 288. The second kappa shape index (κ2) is 5.85. The molecule has 0 aromatic carbocycles. The Morgan fingerprint density at radius 1 is 1.29 bits per heavy atom. The lowest BCUT2D eigenvalue weighted by Gasteiger charge is -2.27. The average Bonchev–Trinajstić information content (AvgIpc) is 2.08. The van der Waals surface area contributed by atoms with E-state index in [0.717, 1.165) is 0 Å². The van der Waals surface area contributed by atoms with Crippen LogP contribution in [0.1, 0.15) is 6.42 Å². The molecule has 0 aliphatic heterocycles. The van der Waals surface area contributed by atoms with Crippen LogP contribution in [0.2, 0.25) is 0 Å². The first-order chi connectivity index (χ1) is 7.54. The molecule has 0 aromatic rings. The van der Waals surface area contributed by atoms with E-state index in [9.17, 15) is 22.8 Å². The number of alkyl halides is 3. The minimum absolute atomic E-state index is 0.110. The smallest absolute Gasteiger partial charge is 0.477 e. The molecule has 8 heteroatoms. The van der Waals surface area contributed by atoms with Gasteiger partial charge in [0.05, 0.1) is 27.2 Å². The minimum Gasteiger partial charge on any atom is -0.477 e. The van der Waals surface area contributed by atoms with Crippen LogP contribution >= 0.6 is 0 Å². The lowest BCUT2D eigenvalue weighted by molar-refractivity contribution is -0.883. The van der Waals surface area contributed by atoms with E-state index in [1.54, 1.807) is 14.1 Å². The number of halogens is 3. The van der Waals surface area contributed by atoms with Crippen molar-refractivity contribution in [1.29, 1.82) is 0 Å². The van der Waals surface area contributed by atoms with Crippen LogP contribution < -0.4 is 0 Å². The van der Waals surface area contributed by atoms with E-state index in [1.807, 2.05) is 0 Å². The second-order valence-corrected chi connectivity index (χ2v) is 4.20. The van der Waals surface area contributed by atoms with Crippen LogP contribution in [0.25, 0.3) is 0 Å². The SMILES string of the molecule is C[N+](C)(CCCOC(=O)C(F)(F)F)CC(=O)O. The van der Waals surface area contributed by atoms with E-state index in [-0.39, 0.29) is 24.1 Å².